The van der Waals surface area contributed by atoms with E-state index in [2.05, 4.69) is 5.32 Å². The maximum absolute atomic E-state index is 13.4. The Bertz CT molecular complexity index is 473. The molecule has 2 N–H and O–H groups in total. The molecule has 0 spiro atoms. The van der Waals surface area contributed by atoms with Gasteiger partial charge in [-0.3, -0.25) is 4.79 Å². The summed E-state index contributed by atoms with van der Waals surface area (Å²) in [7, 11) is 0. The number of carbonyl (C=O) groups excluding carboxylic acids is 1. The van der Waals surface area contributed by atoms with Crippen LogP contribution < -0.4 is 5.32 Å². The molecule has 0 fully saturated rings. The van der Waals surface area contributed by atoms with Gasteiger partial charge in [0.2, 0.25) is 5.91 Å². The van der Waals surface area contributed by atoms with Gasteiger partial charge in [0.1, 0.15) is 11.6 Å². The first kappa shape index (κ1) is 16.6. The highest BCUT2D eigenvalue weighted by Gasteiger charge is 2.21. The Balaban J connectivity index is 2.52. The van der Waals surface area contributed by atoms with Gasteiger partial charge in [0.25, 0.3) is 0 Å². The molecule has 1 amide bonds. The molecule has 1 rings (SSSR count). The summed E-state index contributed by atoms with van der Waals surface area (Å²) in [5.74, 6) is -1.71. The van der Waals surface area contributed by atoms with E-state index in [0.717, 1.165) is 12.1 Å². The summed E-state index contributed by atoms with van der Waals surface area (Å²) in [4.78, 5) is 11.7. The minimum absolute atomic E-state index is 0.128. The molecule has 0 radical (unpaired) electrons. The van der Waals surface area contributed by atoms with Crippen LogP contribution in [0.5, 0.6) is 0 Å². The Morgan fingerprint density at radius 2 is 2.05 bits per heavy atom. The number of rotatable bonds is 6. The van der Waals surface area contributed by atoms with Crippen molar-refractivity contribution in [1.29, 1.82) is 0 Å². The minimum Gasteiger partial charge on any atom is -0.393 e. The number of carbonyl (C=O) groups is 1. The first-order valence-corrected chi connectivity index (χ1v) is 6.58. The Labute approximate surface area is 118 Å². The van der Waals surface area contributed by atoms with Gasteiger partial charge in [-0.1, -0.05) is 19.9 Å². The topological polar surface area (TPSA) is 49.3 Å². The third kappa shape index (κ3) is 5.65. The van der Waals surface area contributed by atoms with Gasteiger partial charge >= 0.3 is 0 Å². The molecular formula is C15H21F2NO2. The largest absolute Gasteiger partial charge is 0.393 e. The molecule has 5 heteroatoms. The number of amides is 1. The van der Waals surface area contributed by atoms with E-state index in [4.69, 9.17) is 0 Å². The van der Waals surface area contributed by atoms with Crippen LogP contribution in [0.1, 0.15) is 32.8 Å². The summed E-state index contributed by atoms with van der Waals surface area (Å²) in [5, 5.41) is 12.1. The van der Waals surface area contributed by atoms with Gasteiger partial charge in [0.15, 0.2) is 0 Å². The predicted octanol–water partition coefficient (Wildman–Crippen LogP) is 2.42. The first-order valence-electron chi connectivity index (χ1n) is 6.58. The molecule has 112 valence electrons. The van der Waals surface area contributed by atoms with Crippen molar-refractivity contribution >= 4 is 5.91 Å². The zero-order chi connectivity index (χ0) is 15.3. The zero-order valence-electron chi connectivity index (χ0n) is 12.0. The van der Waals surface area contributed by atoms with Crippen molar-refractivity contribution in [3.63, 3.8) is 0 Å². The van der Waals surface area contributed by atoms with Crippen molar-refractivity contribution in [3.05, 3.63) is 35.4 Å². The minimum atomic E-state index is -0.719. The van der Waals surface area contributed by atoms with E-state index in [1.54, 1.807) is 6.92 Å². The highest BCUT2D eigenvalue weighted by atomic mass is 19.1. The normalized spacial score (nSPS) is 13.1. The van der Waals surface area contributed by atoms with Gasteiger partial charge < -0.3 is 10.4 Å². The fourth-order valence-electron chi connectivity index (χ4n) is 2.11. The Morgan fingerprint density at radius 1 is 1.40 bits per heavy atom. The third-order valence-electron chi connectivity index (χ3n) is 2.98. The number of nitrogens with one attached hydrogen (secondary N) is 1. The van der Waals surface area contributed by atoms with E-state index in [1.165, 1.54) is 6.07 Å². The molecule has 1 atom stereocenters. The van der Waals surface area contributed by atoms with Crippen molar-refractivity contribution in [2.24, 2.45) is 5.41 Å². The smallest absolute Gasteiger partial charge is 0.224 e. The lowest BCUT2D eigenvalue weighted by Crippen LogP contribution is -2.36. The van der Waals surface area contributed by atoms with Crippen LogP contribution in [0, 0.1) is 17.0 Å². The van der Waals surface area contributed by atoms with E-state index >= 15 is 0 Å². The summed E-state index contributed by atoms with van der Waals surface area (Å²) in [6.07, 6.45) is -0.0221. The molecule has 1 aromatic carbocycles. The number of halogens is 2. The summed E-state index contributed by atoms with van der Waals surface area (Å²) in [6.45, 7) is 5.94. The molecular weight excluding hydrogens is 264 g/mol. The second-order valence-corrected chi connectivity index (χ2v) is 5.91. The maximum Gasteiger partial charge on any atom is 0.224 e. The van der Waals surface area contributed by atoms with Gasteiger partial charge in [0, 0.05) is 12.6 Å². The van der Waals surface area contributed by atoms with Crippen LogP contribution in [0.3, 0.4) is 0 Å². The SMILES string of the molecule is CC(O)CC(C)(C)CNC(=O)Cc1ccc(F)cc1F. The Kier molecular flexibility index (Phi) is 5.62. The summed E-state index contributed by atoms with van der Waals surface area (Å²) in [5.41, 5.74) is -0.0808. The van der Waals surface area contributed by atoms with E-state index < -0.39 is 17.7 Å². The number of hydrogen-bond acceptors (Lipinski definition) is 2. The Morgan fingerprint density at radius 3 is 2.60 bits per heavy atom. The van der Waals surface area contributed by atoms with Crippen molar-refractivity contribution in [2.45, 2.75) is 39.7 Å². The summed E-state index contributed by atoms with van der Waals surface area (Å²) in [6, 6.07) is 3.16. The first-order chi connectivity index (χ1) is 9.19. The van der Waals surface area contributed by atoms with Crippen LogP contribution >= 0.6 is 0 Å². The monoisotopic (exact) mass is 285 g/mol. The molecule has 3 nitrogen and oxygen atoms in total. The van der Waals surface area contributed by atoms with Crippen LogP contribution in [0.4, 0.5) is 8.78 Å². The lowest BCUT2D eigenvalue weighted by atomic mass is 9.87. The molecule has 0 aliphatic rings. The lowest BCUT2D eigenvalue weighted by molar-refractivity contribution is -0.121. The lowest BCUT2D eigenvalue weighted by Gasteiger charge is -2.26. The molecule has 0 aliphatic heterocycles. The van der Waals surface area contributed by atoms with Crippen LogP contribution in [0.15, 0.2) is 18.2 Å². The van der Waals surface area contributed by atoms with Gasteiger partial charge in [-0.15, -0.1) is 0 Å². The average molecular weight is 285 g/mol. The number of aliphatic hydroxyl groups excluding tert-OH is 1. The van der Waals surface area contributed by atoms with Crippen molar-refractivity contribution < 1.29 is 18.7 Å². The van der Waals surface area contributed by atoms with Gasteiger partial charge in [-0.05, 0) is 30.4 Å². The average Bonchev–Trinajstić information content (AvgIpc) is 2.29. The van der Waals surface area contributed by atoms with Crippen molar-refractivity contribution in [3.8, 4) is 0 Å². The van der Waals surface area contributed by atoms with Crippen LogP contribution in [0.2, 0.25) is 0 Å². The predicted molar refractivity (Wildman–Crippen MR) is 73.2 cm³/mol. The highest BCUT2D eigenvalue weighted by molar-refractivity contribution is 5.78. The van der Waals surface area contributed by atoms with Crippen LogP contribution in [-0.4, -0.2) is 23.7 Å². The third-order valence-corrected chi connectivity index (χ3v) is 2.98. The zero-order valence-corrected chi connectivity index (χ0v) is 12.0. The second kappa shape index (κ2) is 6.79. The standard InChI is InChI=1S/C15H21F2NO2/c1-10(19)8-15(2,3)9-18-14(20)6-11-4-5-12(16)7-13(11)17/h4-5,7,10,19H,6,8-9H2,1-3H3,(H,18,20). The fourth-order valence-corrected chi connectivity index (χ4v) is 2.11. The van der Waals surface area contributed by atoms with E-state index in [-0.39, 0.29) is 23.3 Å². The van der Waals surface area contributed by atoms with Crippen LogP contribution in [0.25, 0.3) is 0 Å². The molecule has 1 unspecified atom stereocenters. The quantitative estimate of drug-likeness (QED) is 0.843. The molecule has 0 saturated carbocycles. The molecule has 0 aromatic heterocycles. The van der Waals surface area contributed by atoms with E-state index in [1.807, 2.05) is 13.8 Å². The maximum atomic E-state index is 13.4. The van der Waals surface area contributed by atoms with E-state index in [9.17, 15) is 18.7 Å². The molecule has 0 bridgehead atoms. The highest BCUT2D eigenvalue weighted by Crippen LogP contribution is 2.21. The number of aliphatic hydroxyl groups is 1. The molecule has 1 aromatic rings. The van der Waals surface area contributed by atoms with E-state index in [0.29, 0.717) is 13.0 Å². The fraction of sp³-hybridized carbons (Fsp3) is 0.533. The second-order valence-electron chi connectivity index (χ2n) is 5.91. The molecule has 0 saturated heterocycles. The van der Waals surface area contributed by atoms with Gasteiger partial charge in [-0.25, -0.2) is 8.78 Å². The number of hydrogen-bond donors (Lipinski definition) is 2. The molecule has 0 aliphatic carbocycles. The van der Waals surface area contributed by atoms with Crippen molar-refractivity contribution in [2.75, 3.05) is 6.54 Å². The summed E-state index contributed by atoms with van der Waals surface area (Å²) >= 11 is 0. The van der Waals surface area contributed by atoms with Crippen LogP contribution in [-0.2, 0) is 11.2 Å². The van der Waals surface area contributed by atoms with Gasteiger partial charge in [-0.2, -0.15) is 0 Å². The summed E-state index contributed by atoms with van der Waals surface area (Å²) < 4.78 is 26.2. The van der Waals surface area contributed by atoms with Crippen molar-refractivity contribution in [1.82, 2.24) is 5.32 Å². The molecule has 0 heterocycles. The van der Waals surface area contributed by atoms with Gasteiger partial charge in [0.05, 0.1) is 12.5 Å². The number of benzene rings is 1. The molecule has 20 heavy (non-hydrogen) atoms. The Hall–Kier alpha value is -1.49.